The minimum absolute atomic E-state index is 0.0452. The lowest BCUT2D eigenvalue weighted by atomic mass is 10.1. The molecule has 2 aliphatic rings. The molecule has 1 aromatic carbocycles. The van der Waals surface area contributed by atoms with Crippen LogP contribution in [0.25, 0.3) is 0 Å². The monoisotopic (exact) mass is 288 g/mol. The van der Waals surface area contributed by atoms with Crippen LogP contribution in [-0.2, 0) is 16.0 Å². The third kappa shape index (κ3) is 2.93. The van der Waals surface area contributed by atoms with Crippen molar-refractivity contribution in [2.45, 2.75) is 37.8 Å². The summed E-state index contributed by atoms with van der Waals surface area (Å²) >= 11 is 0. The van der Waals surface area contributed by atoms with Crippen LogP contribution in [-0.4, -0.2) is 41.0 Å². The quantitative estimate of drug-likeness (QED) is 0.863. The Bertz CT molecular complexity index is 558. The van der Waals surface area contributed by atoms with E-state index in [1.165, 1.54) is 0 Å². The molecule has 21 heavy (non-hydrogen) atoms. The summed E-state index contributed by atoms with van der Waals surface area (Å²) in [5.74, 6) is -0.158. The molecule has 0 saturated carbocycles. The number of nitrogens with zero attached hydrogens (tertiary/aromatic N) is 1. The summed E-state index contributed by atoms with van der Waals surface area (Å²) in [6.07, 6.45) is 2.36. The summed E-state index contributed by atoms with van der Waals surface area (Å²) in [4.78, 5) is 25.5. The van der Waals surface area contributed by atoms with Crippen LogP contribution in [0.3, 0.4) is 0 Å². The number of carbonyl (C=O) groups is 2. The van der Waals surface area contributed by atoms with E-state index in [1.807, 2.05) is 24.3 Å². The number of likely N-dealkylation sites (tertiary alicyclic amines) is 1. The summed E-state index contributed by atoms with van der Waals surface area (Å²) < 4.78 is 0. The van der Waals surface area contributed by atoms with Gasteiger partial charge in [-0.1, -0.05) is 24.3 Å². The van der Waals surface area contributed by atoms with E-state index in [1.54, 1.807) is 4.90 Å². The standard InChI is InChI=1S/C16H20N2O3/c19-13-9-11-5-1-2-6-12(11)16(13)17-14(20)10-18-8-4-3-7-15(18)21/h1-2,5-6,13,16,19H,3-4,7-10H2,(H,17,20). The molecule has 2 N–H and O–H groups in total. The van der Waals surface area contributed by atoms with Crippen LogP contribution in [0.15, 0.2) is 24.3 Å². The van der Waals surface area contributed by atoms with Crippen LogP contribution in [0.2, 0.25) is 0 Å². The second-order valence-electron chi connectivity index (χ2n) is 5.79. The Kier molecular flexibility index (Phi) is 3.92. The topological polar surface area (TPSA) is 69.6 Å². The van der Waals surface area contributed by atoms with Gasteiger partial charge in [-0.05, 0) is 24.0 Å². The molecule has 2 atom stereocenters. The number of benzene rings is 1. The molecule has 2 amide bonds. The molecule has 5 nitrogen and oxygen atoms in total. The average molecular weight is 288 g/mol. The summed E-state index contributed by atoms with van der Waals surface area (Å²) in [6, 6.07) is 7.38. The molecule has 0 bridgehead atoms. The molecule has 1 heterocycles. The van der Waals surface area contributed by atoms with E-state index in [2.05, 4.69) is 5.32 Å². The SMILES string of the molecule is O=C(CN1CCCCC1=O)NC1c2ccccc2CC1O. The van der Waals surface area contributed by atoms with E-state index in [0.29, 0.717) is 19.4 Å². The third-order valence-corrected chi connectivity index (χ3v) is 4.28. The van der Waals surface area contributed by atoms with Gasteiger partial charge in [0.15, 0.2) is 0 Å². The number of rotatable bonds is 3. The molecule has 0 spiro atoms. The Morgan fingerprint density at radius 1 is 1.33 bits per heavy atom. The van der Waals surface area contributed by atoms with E-state index in [0.717, 1.165) is 24.0 Å². The van der Waals surface area contributed by atoms with Crippen molar-refractivity contribution in [2.75, 3.05) is 13.1 Å². The van der Waals surface area contributed by atoms with Gasteiger partial charge in [-0.15, -0.1) is 0 Å². The van der Waals surface area contributed by atoms with E-state index >= 15 is 0 Å². The molecule has 112 valence electrons. The highest BCUT2D eigenvalue weighted by atomic mass is 16.3. The Labute approximate surface area is 123 Å². The fourth-order valence-electron chi connectivity index (χ4n) is 3.17. The van der Waals surface area contributed by atoms with Crippen LogP contribution >= 0.6 is 0 Å². The number of hydrogen-bond donors (Lipinski definition) is 2. The number of amides is 2. The number of carbonyl (C=O) groups excluding carboxylic acids is 2. The molecule has 2 unspecified atom stereocenters. The number of aliphatic hydroxyl groups excluding tert-OH is 1. The van der Waals surface area contributed by atoms with E-state index < -0.39 is 6.10 Å². The largest absolute Gasteiger partial charge is 0.390 e. The van der Waals surface area contributed by atoms with Crippen LogP contribution in [0.5, 0.6) is 0 Å². The maximum atomic E-state index is 12.2. The van der Waals surface area contributed by atoms with Gasteiger partial charge in [0, 0.05) is 19.4 Å². The van der Waals surface area contributed by atoms with Gasteiger partial charge in [0.25, 0.3) is 0 Å². The van der Waals surface area contributed by atoms with Crippen molar-refractivity contribution in [3.05, 3.63) is 35.4 Å². The Morgan fingerprint density at radius 2 is 2.14 bits per heavy atom. The van der Waals surface area contributed by atoms with Crippen molar-refractivity contribution in [1.82, 2.24) is 10.2 Å². The van der Waals surface area contributed by atoms with Gasteiger partial charge in [-0.2, -0.15) is 0 Å². The fraction of sp³-hybridized carbons (Fsp3) is 0.500. The van der Waals surface area contributed by atoms with Gasteiger partial charge in [0.2, 0.25) is 11.8 Å². The lowest BCUT2D eigenvalue weighted by Crippen LogP contribution is -2.45. The summed E-state index contributed by atoms with van der Waals surface area (Å²) in [5.41, 5.74) is 2.05. The molecule has 1 aromatic rings. The number of aliphatic hydroxyl groups is 1. The molecule has 0 aromatic heterocycles. The smallest absolute Gasteiger partial charge is 0.240 e. The number of hydrogen-bond acceptors (Lipinski definition) is 3. The van der Waals surface area contributed by atoms with Crippen molar-refractivity contribution >= 4 is 11.8 Å². The van der Waals surface area contributed by atoms with Crippen molar-refractivity contribution in [2.24, 2.45) is 0 Å². The average Bonchev–Trinajstić information content (AvgIpc) is 2.78. The van der Waals surface area contributed by atoms with Gasteiger partial charge in [0.1, 0.15) is 0 Å². The van der Waals surface area contributed by atoms with Gasteiger partial charge in [0.05, 0.1) is 18.7 Å². The van der Waals surface area contributed by atoms with Crippen molar-refractivity contribution < 1.29 is 14.7 Å². The van der Waals surface area contributed by atoms with Crippen LogP contribution in [0.4, 0.5) is 0 Å². The lowest BCUT2D eigenvalue weighted by Gasteiger charge is -2.27. The predicted molar refractivity (Wildman–Crippen MR) is 77.5 cm³/mol. The van der Waals surface area contributed by atoms with Gasteiger partial charge < -0.3 is 15.3 Å². The maximum Gasteiger partial charge on any atom is 0.240 e. The fourth-order valence-corrected chi connectivity index (χ4v) is 3.17. The first-order chi connectivity index (χ1) is 10.1. The molecule has 0 radical (unpaired) electrons. The molecule has 1 aliphatic carbocycles. The maximum absolute atomic E-state index is 12.2. The van der Waals surface area contributed by atoms with Crippen molar-refractivity contribution in [3.63, 3.8) is 0 Å². The normalized spacial score (nSPS) is 24.8. The van der Waals surface area contributed by atoms with E-state index in [4.69, 9.17) is 0 Å². The minimum Gasteiger partial charge on any atom is -0.390 e. The van der Waals surface area contributed by atoms with Crippen LogP contribution in [0.1, 0.15) is 36.4 Å². The summed E-state index contributed by atoms with van der Waals surface area (Å²) in [7, 11) is 0. The zero-order chi connectivity index (χ0) is 14.8. The van der Waals surface area contributed by atoms with Crippen molar-refractivity contribution in [3.8, 4) is 0 Å². The molecule has 1 saturated heterocycles. The van der Waals surface area contributed by atoms with E-state index in [-0.39, 0.29) is 24.4 Å². The first-order valence-electron chi connectivity index (χ1n) is 7.48. The molecule has 3 rings (SSSR count). The lowest BCUT2D eigenvalue weighted by molar-refractivity contribution is -0.138. The Hall–Kier alpha value is -1.88. The van der Waals surface area contributed by atoms with Gasteiger partial charge in [-0.3, -0.25) is 9.59 Å². The van der Waals surface area contributed by atoms with Crippen LogP contribution in [0, 0.1) is 0 Å². The summed E-state index contributed by atoms with van der Waals surface area (Å²) in [5, 5.41) is 13.0. The molecule has 1 fully saturated rings. The number of nitrogens with one attached hydrogen (secondary N) is 1. The second kappa shape index (κ2) is 5.85. The molecule has 1 aliphatic heterocycles. The highest BCUT2D eigenvalue weighted by Crippen LogP contribution is 2.31. The Balaban J connectivity index is 1.63. The van der Waals surface area contributed by atoms with E-state index in [9.17, 15) is 14.7 Å². The molecule has 5 heteroatoms. The number of fused-ring (bicyclic) bond motifs is 1. The Morgan fingerprint density at radius 3 is 2.95 bits per heavy atom. The van der Waals surface area contributed by atoms with Gasteiger partial charge >= 0.3 is 0 Å². The zero-order valence-corrected chi connectivity index (χ0v) is 11.9. The first-order valence-corrected chi connectivity index (χ1v) is 7.48. The van der Waals surface area contributed by atoms with Gasteiger partial charge in [-0.25, -0.2) is 0 Å². The highest BCUT2D eigenvalue weighted by Gasteiger charge is 2.32. The third-order valence-electron chi connectivity index (χ3n) is 4.28. The zero-order valence-electron chi connectivity index (χ0n) is 11.9. The highest BCUT2D eigenvalue weighted by molar-refractivity contribution is 5.85. The first kappa shape index (κ1) is 14.1. The number of piperidine rings is 1. The molecular weight excluding hydrogens is 268 g/mol. The van der Waals surface area contributed by atoms with Crippen molar-refractivity contribution in [1.29, 1.82) is 0 Å². The summed E-state index contributed by atoms with van der Waals surface area (Å²) in [6.45, 7) is 0.736. The predicted octanol–water partition coefficient (Wildman–Crippen LogP) is 0.773. The second-order valence-corrected chi connectivity index (χ2v) is 5.79. The molecular formula is C16H20N2O3. The minimum atomic E-state index is -0.594. The van der Waals surface area contributed by atoms with Crippen LogP contribution < -0.4 is 5.32 Å².